The lowest BCUT2D eigenvalue weighted by atomic mass is 10.2. The first-order chi connectivity index (χ1) is 9.30. The predicted molar refractivity (Wildman–Crippen MR) is 77.6 cm³/mol. The summed E-state index contributed by atoms with van der Waals surface area (Å²) in [6.07, 6.45) is 1.17. The summed E-state index contributed by atoms with van der Waals surface area (Å²) in [5.74, 6) is 1.01. The number of ether oxygens (including phenoxy) is 1. The highest BCUT2D eigenvalue weighted by molar-refractivity contribution is 7.91. The molecular weight excluding hydrogens is 280 g/mol. The summed E-state index contributed by atoms with van der Waals surface area (Å²) in [4.78, 5) is 2.06. The Hall–Kier alpha value is -1.28. The fourth-order valence-electron chi connectivity index (χ4n) is 2.27. The van der Waals surface area contributed by atoms with Gasteiger partial charge in [0.15, 0.2) is 20.6 Å². The number of nitrogen functional groups attached to an aromatic ring is 1. The smallest absolute Gasteiger partial charge is 0.182 e. The predicted octanol–water partition coefficient (Wildman–Crippen LogP) is 0.361. The van der Waals surface area contributed by atoms with E-state index in [0.717, 1.165) is 0 Å². The number of hydrogen-bond acceptors (Lipinski definition) is 6. The molecule has 1 fully saturated rings. The second-order valence-electron chi connectivity index (χ2n) is 5.49. The topological polar surface area (TPSA) is 90.5 Å². The van der Waals surface area contributed by atoms with Crippen LogP contribution in [0.4, 0.5) is 11.6 Å². The quantitative estimate of drug-likeness (QED) is 0.863. The van der Waals surface area contributed by atoms with Crippen LogP contribution in [0.25, 0.3) is 0 Å². The minimum absolute atomic E-state index is 0.139. The van der Waals surface area contributed by atoms with Crippen molar-refractivity contribution in [2.75, 3.05) is 43.2 Å². The SMILES string of the molecule is CC(C)Cn1nc(N2CCOCC2)c(S(C)(=O)=O)c1N. The zero-order chi connectivity index (χ0) is 14.9. The Morgan fingerprint density at radius 3 is 2.45 bits per heavy atom. The summed E-state index contributed by atoms with van der Waals surface area (Å²) in [5.41, 5.74) is 6.01. The summed E-state index contributed by atoms with van der Waals surface area (Å²) >= 11 is 0. The van der Waals surface area contributed by atoms with E-state index >= 15 is 0 Å². The second kappa shape index (κ2) is 5.61. The van der Waals surface area contributed by atoms with Crippen molar-refractivity contribution in [1.29, 1.82) is 0 Å². The third-order valence-corrected chi connectivity index (χ3v) is 4.28. The normalized spacial score (nSPS) is 16.9. The summed E-state index contributed by atoms with van der Waals surface area (Å²) in [7, 11) is -3.42. The molecule has 0 atom stereocenters. The van der Waals surface area contributed by atoms with Crippen molar-refractivity contribution in [1.82, 2.24) is 9.78 Å². The molecule has 1 saturated heterocycles. The van der Waals surface area contributed by atoms with Crippen molar-refractivity contribution in [2.24, 2.45) is 5.92 Å². The number of morpholine rings is 1. The molecule has 0 aliphatic carbocycles. The number of aromatic nitrogens is 2. The van der Waals surface area contributed by atoms with Crippen LogP contribution in [0.5, 0.6) is 0 Å². The van der Waals surface area contributed by atoms with Crippen molar-refractivity contribution in [2.45, 2.75) is 25.3 Å². The van der Waals surface area contributed by atoms with Gasteiger partial charge in [-0.2, -0.15) is 5.10 Å². The average molecular weight is 302 g/mol. The minimum Gasteiger partial charge on any atom is -0.383 e. The fourth-order valence-corrected chi connectivity index (χ4v) is 3.26. The van der Waals surface area contributed by atoms with Gasteiger partial charge in [-0.3, -0.25) is 0 Å². The van der Waals surface area contributed by atoms with E-state index in [2.05, 4.69) is 5.10 Å². The zero-order valence-corrected chi connectivity index (χ0v) is 13.0. The van der Waals surface area contributed by atoms with Crippen LogP contribution < -0.4 is 10.6 Å². The highest BCUT2D eigenvalue weighted by Gasteiger charge is 2.28. The Morgan fingerprint density at radius 2 is 1.95 bits per heavy atom. The summed E-state index contributed by atoms with van der Waals surface area (Å²) in [5, 5.41) is 4.42. The lowest BCUT2D eigenvalue weighted by molar-refractivity contribution is 0.122. The maximum atomic E-state index is 12.0. The molecule has 7 nitrogen and oxygen atoms in total. The van der Waals surface area contributed by atoms with Crippen molar-refractivity contribution < 1.29 is 13.2 Å². The van der Waals surface area contributed by atoms with Gasteiger partial charge in [0.2, 0.25) is 0 Å². The highest BCUT2D eigenvalue weighted by Crippen LogP contribution is 2.31. The molecule has 0 unspecified atom stereocenters. The maximum absolute atomic E-state index is 12.0. The van der Waals surface area contributed by atoms with E-state index in [-0.39, 0.29) is 10.7 Å². The fraction of sp³-hybridized carbons (Fsp3) is 0.750. The Bertz CT molecular complexity index is 574. The molecular formula is C12H22N4O3S. The first-order valence-corrected chi connectivity index (χ1v) is 8.59. The van der Waals surface area contributed by atoms with E-state index in [1.807, 2.05) is 18.7 Å². The van der Waals surface area contributed by atoms with Crippen LogP contribution in [-0.4, -0.2) is 50.8 Å². The van der Waals surface area contributed by atoms with E-state index in [9.17, 15) is 8.42 Å². The molecule has 0 bridgehead atoms. The first kappa shape index (κ1) is 15.1. The minimum atomic E-state index is -3.42. The van der Waals surface area contributed by atoms with E-state index in [0.29, 0.717) is 44.6 Å². The lowest BCUT2D eigenvalue weighted by Gasteiger charge is -2.27. The number of nitrogens with two attached hydrogens (primary N) is 1. The summed E-state index contributed by atoms with van der Waals surface area (Å²) in [6.45, 7) is 7.06. The number of anilines is 2. The van der Waals surface area contributed by atoms with E-state index in [1.54, 1.807) is 4.68 Å². The van der Waals surface area contributed by atoms with Crippen LogP contribution in [0.2, 0.25) is 0 Å². The molecule has 0 amide bonds. The molecule has 0 aromatic carbocycles. The maximum Gasteiger partial charge on any atom is 0.182 e. The standard InChI is InChI=1S/C12H22N4O3S/c1-9(2)8-16-11(13)10(20(3,17)18)12(14-16)15-4-6-19-7-5-15/h9H,4-8,13H2,1-3H3. The number of nitrogens with zero attached hydrogens (tertiary/aromatic N) is 3. The summed E-state index contributed by atoms with van der Waals surface area (Å²) < 4.78 is 30.9. The van der Waals surface area contributed by atoms with Crippen molar-refractivity contribution in [3.63, 3.8) is 0 Å². The van der Waals surface area contributed by atoms with E-state index in [1.165, 1.54) is 6.26 Å². The van der Waals surface area contributed by atoms with Crippen molar-refractivity contribution >= 4 is 21.5 Å². The van der Waals surface area contributed by atoms with Gasteiger partial charge in [-0.05, 0) is 5.92 Å². The van der Waals surface area contributed by atoms with Gasteiger partial charge in [-0.1, -0.05) is 13.8 Å². The van der Waals surface area contributed by atoms with Gasteiger partial charge < -0.3 is 15.4 Å². The van der Waals surface area contributed by atoms with Crippen molar-refractivity contribution in [3.05, 3.63) is 0 Å². The number of sulfone groups is 1. The number of rotatable bonds is 4. The zero-order valence-electron chi connectivity index (χ0n) is 12.2. The van der Waals surface area contributed by atoms with Crippen LogP contribution in [0.3, 0.4) is 0 Å². The molecule has 2 N–H and O–H groups in total. The third kappa shape index (κ3) is 3.06. The molecule has 1 aromatic heterocycles. The van der Waals surface area contributed by atoms with Crippen LogP contribution in [0.1, 0.15) is 13.8 Å². The Kier molecular flexibility index (Phi) is 4.24. The van der Waals surface area contributed by atoms with Gasteiger partial charge in [-0.15, -0.1) is 0 Å². The Balaban J connectivity index is 2.48. The molecule has 0 radical (unpaired) electrons. The lowest BCUT2D eigenvalue weighted by Crippen LogP contribution is -2.37. The average Bonchev–Trinajstić information content (AvgIpc) is 2.67. The third-order valence-electron chi connectivity index (χ3n) is 3.15. The molecule has 2 rings (SSSR count). The summed E-state index contributed by atoms with van der Waals surface area (Å²) in [6, 6.07) is 0. The van der Waals surface area contributed by atoms with E-state index < -0.39 is 9.84 Å². The molecule has 20 heavy (non-hydrogen) atoms. The van der Waals surface area contributed by atoms with Gasteiger partial charge in [-0.25, -0.2) is 13.1 Å². The monoisotopic (exact) mass is 302 g/mol. The van der Waals surface area contributed by atoms with Crippen LogP contribution in [0.15, 0.2) is 4.90 Å². The Morgan fingerprint density at radius 1 is 1.35 bits per heavy atom. The van der Waals surface area contributed by atoms with Gasteiger partial charge >= 0.3 is 0 Å². The van der Waals surface area contributed by atoms with Gasteiger partial charge in [0.25, 0.3) is 0 Å². The van der Waals surface area contributed by atoms with E-state index in [4.69, 9.17) is 10.5 Å². The highest BCUT2D eigenvalue weighted by atomic mass is 32.2. The molecule has 114 valence electrons. The van der Waals surface area contributed by atoms with Crippen LogP contribution >= 0.6 is 0 Å². The molecule has 1 aliphatic rings. The van der Waals surface area contributed by atoms with Gasteiger partial charge in [0.1, 0.15) is 5.82 Å². The molecule has 0 spiro atoms. The molecule has 2 heterocycles. The van der Waals surface area contributed by atoms with Crippen LogP contribution in [0, 0.1) is 5.92 Å². The molecule has 0 saturated carbocycles. The second-order valence-corrected chi connectivity index (χ2v) is 7.44. The molecule has 1 aliphatic heterocycles. The van der Waals surface area contributed by atoms with Crippen molar-refractivity contribution in [3.8, 4) is 0 Å². The molecule has 8 heteroatoms. The number of hydrogen-bond donors (Lipinski definition) is 1. The Labute approximate surface area is 119 Å². The first-order valence-electron chi connectivity index (χ1n) is 6.69. The molecule has 1 aromatic rings. The van der Waals surface area contributed by atoms with Gasteiger partial charge in [0, 0.05) is 25.9 Å². The largest absolute Gasteiger partial charge is 0.383 e. The van der Waals surface area contributed by atoms with Gasteiger partial charge in [0.05, 0.1) is 13.2 Å². The van der Waals surface area contributed by atoms with Crippen LogP contribution in [-0.2, 0) is 21.1 Å².